The number of rotatable bonds is 5. The highest BCUT2D eigenvalue weighted by atomic mass is 19.4. The zero-order valence-electron chi connectivity index (χ0n) is 17.1. The number of hydrogen-bond donors (Lipinski definition) is 0. The largest absolute Gasteiger partial charge is 0.573 e. The second-order valence-corrected chi connectivity index (χ2v) is 7.53. The van der Waals surface area contributed by atoms with Gasteiger partial charge in [-0.2, -0.15) is 0 Å². The molecule has 1 nitrogen and oxygen atoms in total. The lowest BCUT2D eigenvalue weighted by molar-refractivity contribution is -0.274. The maximum Gasteiger partial charge on any atom is 0.573 e. The van der Waals surface area contributed by atoms with Crippen molar-refractivity contribution in [1.82, 2.24) is 0 Å². The number of alkyl halides is 3. The molecule has 0 fully saturated rings. The molecule has 0 aliphatic rings. The van der Waals surface area contributed by atoms with Gasteiger partial charge in [-0.3, -0.25) is 0 Å². The predicted octanol–water partition coefficient (Wildman–Crippen LogP) is 8.30. The van der Waals surface area contributed by atoms with Crippen LogP contribution in [0.15, 0.2) is 72.8 Å². The van der Waals surface area contributed by atoms with Crippen molar-refractivity contribution >= 4 is 10.8 Å². The third-order valence-electron chi connectivity index (χ3n) is 5.20. The number of fused-ring (bicyclic) bond motifs is 1. The van der Waals surface area contributed by atoms with Gasteiger partial charge in [-0.05, 0) is 69.8 Å². The predicted molar refractivity (Wildman–Crippen MR) is 115 cm³/mol. The van der Waals surface area contributed by atoms with Crippen molar-refractivity contribution in [3.63, 3.8) is 0 Å². The van der Waals surface area contributed by atoms with Gasteiger partial charge in [0.2, 0.25) is 0 Å². The van der Waals surface area contributed by atoms with Gasteiger partial charge in [-0.1, -0.05) is 55.8 Å². The Balaban J connectivity index is 1.67. The smallest absolute Gasteiger partial charge is 0.406 e. The fourth-order valence-electron chi connectivity index (χ4n) is 3.74. The molecular formula is C26H19F5O. The van der Waals surface area contributed by atoms with Crippen molar-refractivity contribution in [2.24, 2.45) is 0 Å². The first-order chi connectivity index (χ1) is 15.2. The van der Waals surface area contributed by atoms with E-state index in [1.807, 2.05) is 24.3 Å². The van der Waals surface area contributed by atoms with Crippen LogP contribution in [-0.4, -0.2) is 6.36 Å². The lowest BCUT2D eigenvalue weighted by Gasteiger charge is -2.12. The summed E-state index contributed by atoms with van der Waals surface area (Å²) in [7, 11) is 0. The lowest BCUT2D eigenvalue weighted by atomic mass is 9.96. The highest BCUT2D eigenvalue weighted by molar-refractivity contribution is 5.89. The molecule has 0 aliphatic carbocycles. The van der Waals surface area contributed by atoms with Gasteiger partial charge < -0.3 is 4.74 Å². The van der Waals surface area contributed by atoms with Crippen molar-refractivity contribution < 1.29 is 26.7 Å². The van der Waals surface area contributed by atoms with Crippen LogP contribution in [0.25, 0.3) is 33.0 Å². The van der Waals surface area contributed by atoms with Crippen LogP contribution in [-0.2, 0) is 6.42 Å². The van der Waals surface area contributed by atoms with Gasteiger partial charge in [0, 0.05) is 0 Å². The van der Waals surface area contributed by atoms with Gasteiger partial charge >= 0.3 is 6.36 Å². The molecule has 0 amide bonds. The second-order valence-electron chi connectivity index (χ2n) is 7.53. The van der Waals surface area contributed by atoms with Crippen LogP contribution in [0.4, 0.5) is 22.0 Å². The molecule has 32 heavy (non-hydrogen) atoms. The number of aryl methyl sites for hydroxylation is 1. The van der Waals surface area contributed by atoms with Crippen LogP contribution in [0.5, 0.6) is 5.75 Å². The van der Waals surface area contributed by atoms with Crippen molar-refractivity contribution in [1.29, 1.82) is 0 Å². The first-order valence-electron chi connectivity index (χ1n) is 10.1. The molecule has 0 radical (unpaired) electrons. The van der Waals surface area contributed by atoms with Crippen LogP contribution in [0.3, 0.4) is 0 Å². The summed E-state index contributed by atoms with van der Waals surface area (Å²) in [6.07, 6.45) is -2.84. The van der Waals surface area contributed by atoms with Gasteiger partial charge in [0.25, 0.3) is 0 Å². The fourth-order valence-corrected chi connectivity index (χ4v) is 3.74. The van der Waals surface area contributed by atoms with E-state index in [2.05, 4.69) is 11.7 Å². The minimum atomic E-state index is -4.79. The number of halogens is 5. The summed E-state index contributed by atoms with van der Waals surface area (Å²) >= 11 is 0. The Kier molecular flexibility index (Phi) is 5.87. The molecule has 0 saturated carbocycles. The van der Waals surface area contributed by atoms with Crippen LogP contribution in [0, 0.1) is 11.6 Å². The van der Waals surface area contributed by atoms with Gasteiger partial charge in [0.1, 0.15) is 17.4 Å². The minimum absolute atomic E-state index is 0.186. The third-order valence-corrected chi connectivity index (χ3v) is 5.20. The van der Waals surface area contributed by atoms with E-state index >= 15 is 0 Å². The first-order valence-corrected chi connectivity index (χ1v) is 10.1. The molecule has 0 aromatic heterocycles. The summed E-state index contributed by atoms with van der Waals surface area (Å²) in [5.74, 6) is -1.78. The molecular weight excluding hydrogens is 423 g/mol. The Labute approximate surface area is 182 Å². The van der Waals surface area contributed by atoms with E-state index in [-0.39, 0.29) is 11.3 Å². The Hall–Kier alpha value is -3.41. The van der Waals surface area contributed by atoms with Crippen LogP contribution < -0.4 is 4.74 Å². The standard InChI is InChI=1S/C26H19F5O/c1-2-3-16-4-6-17(7-5-16)21-14-23(27)25(24(28)15-21)20-9-8-19-13-22(32-26(29,30)31)11-10-18(19)12-20/h4-15H,2-3H2,1H3. The van der Waals surface area contributed by atoms with Crippen LogP contribution >= 0.6 is 0 Å². The van der Waals surface area contributed by atoms with E-state index in [9.17, 15) is 22.0 Å². The van der Waals surface area contributed by atoms with Crippen molar-refractivity contribution in [3.8, 4) is 28.0 Å². The van der Waals surface area contributed by atoms with Gasteiger partial charge in [-0.25, -0.2) is 8.78 Å². The van der Waals surface area contributed by atoms with Crippen molar-refractivity contribution in [2.45, 2.75) is 26.1 Å². The molecule has 0 aliphatic heterocycles. The normalized spacial score (nSPS) is 11.7. The van der Waals surface area contributed by atoms with Crippen molar-refractivity contribution in [3.05, 3.63) is 90.0 Å². The monoisotopic (exact) mass is 442 g/mol. The van der Waals surface area contributed by atoms with E-state index in [1.165, 1.54) is 42.5 Å². The fraction of sp³-hybridized carbons (Fsp3) is 0.154. The first kappa shape index (κ1) is 21.8. The quantitative estimate of drug-likeness (QED) is 0.283. The van der Waals surface area contributed by atoms with Gasteiger partial charge in [0.15, 0.2) is 0 Å². The van der Waals surface area contributed by atoms with E-state index in [4.69, 9.17) is 0 Å². The topological polar surface area (TPSA) is 9.23 Å². The lowest BCUT2D eigenvalue weighted by Crippen LogP contribution is -2.16. The average Bonchev–Trinajstić information content (AvgIpc) is 2.73. The molecule has 0 spiro atoms. The highest BCUT2D eigenvalue weighted by Gasteiger charge is 2.31. The Bertz CT molecular complexity index is 1240. The van der Waals surface area contributed by atoms with E-state index < -0.39 is 18.0 Å². The van der Waals surface area contributed by atoms with E-state index in [1.54, 1.807) is 0 Å². The zero-order valence-corrected chi connectivity index (χ0v) is 17.1. The Morgan fingerprint density at radius 3 is 1.91 bits per heavy atom. The van der Waals surface area contributed by atoms with E-state index in [0.717, 1.165) is 24.5 Å². The van der Waals surface area contributed by atoms with Crippen LogP contribution in [0.2, 0.25) is 0 Å². The molecule has 0 unspecified atom stereocenters. The molecule has 164 valence electrons. The molecule has 4 aromatic carbocycles. The zero-order chi connectivity index (χ0) is 22.9. The number of hydrogen-bond acceptors (Lipinski definition) is 1. The summed E-state index contributed by atoms with van der Waals surface area (Å²) in [6.45, 7) is 2.08. The minimum Gasteiger partial charge on any atom is -0.406 e. The Morgan fingerprint density at radius 2 is 1.28 bits per heavy atom. The Morgan fingerprint density at radius 1 is 0.688 bits per heavy atom. The molecule has 0 heterocycles. The second kappa shape index (κ2) is 8.61. The molecule has 0 saturated heterocycles. The summed E-state index contributed by atoms with van der Waals surface area (Å²) in [5.41, 5.74) is 2.41. The molecule has 0 N–H and O–H groups in total. The average molecular weight is 442 g/mol. The number of ether oxygens (including phenoxy) is 1. The third kappa shape index (κ3) is 4.74. The summed E-state index contributed by atoms with van der Waals surface area (Å²) in [5, 5.41) is 0.992. The maximum atomic E-state index is 14.9. The number of benzene rings is 4. The van der Waals surface area contributed by atoms with E-state index in [0.29, 0.717) is 27.5 Å². The summed E-state index contributed by atoms with van der Waals surface area (Å²) < 4.78 is 71.1. The SMILES string of the molecule is CCCc1ccc(-c2cc(F)c(-c3ccc4cc(OC(F)(F)F)ccc4c3)c(F)c2)cc1. The molecule has 4 rings (SSSR count). The molecule has 0 bridgehead atoms. The van der Waals surface area contributed by atoms with Crippen LogP contribution in [0.1, 0.15) is 18.9 Å². The molecule has 6 heteroatoms. The maximum absolute atomic E-state index is 14.9. The molecule has 0 atom stereocenters. The molecule has 4 aromatic rings. The summed E-state index contributed by atoms with van der Waals surface area (Å²) in [4.78, 5) is 0. The summed E-state index contributed by atoms with van der Waals surface area (Å²) in [6, 6.07) is 18.5. The van der Waals surface area contributed by atoms with Gasteiger partial charge in [0.05, 0.1) is 5.56 Å². The van der Waals surface area contributed by atoms with Crippen molar-refractivity contribution in [2.75, 3.05) is 0 Å². The highest BCUT2D eigenvalue weighted by Crippen LogP contribution is 2.34. The van der Waals surface area contributed by atoms with Gasteiger partial charge in [-0.15, -0.1) is 13.2 Å².